The third-order valence-electron chi connectivity index (χ3n) is 4.46. The Hall–Kier alpha value is -1.24. The minimum Gasteiger partial charge on any atom is -0.345 e. The fourth-order valence-electron chi connectivity index (χ4n) is 2.69. The highest BCUT2D eigenvalue weighted by molar-refractivity contribution is 7.15. The Morgan fingerprint density at radius 3 is 2.48 bits per heavy atom. The van der Waals surface area contributed by atoms with Gasteiger partial charge in [0, 0.05) is 43.7 Å². The molecule has 21 heavy (non-hydrogen) atoms. The molecular formula is C14H19F2N3OS. The van der Waals surface area contributed by atoms with E-state index in [-0.39, 0.29) is 6.42 Å². The highest BCUT2D eigenvalue weighted by Gasteiger charge is 2.73. The van der Waals surface area contributed by atoms with Crippen LogP contribution in [0.25, 0.3) is 0 Å². The maximum absolute atomic E-state index is 13.3. The fraction of sp³-hybridized carbons (Fsp3) is 0.714. The smallest absolute Gasteiger partial charge is 0.263 e. The summed E-state index contributed by atoms with van der Waals surface area (Å²) in [5.74, 6) is -3.23. The van der Waals surface area contributed by atoms with Gasteiger partial charge in [-0.3, -0.25) is 4.79 Å². The lowest BCUT2D eigenvalue weighted by atomic mass is 10.1. The van der Waals surface area contributed by atoms with Gasteiger partial charge in [0.05, 0.1) is 0 Å². The molecule has 7 heteroatoms. The summed E-state index contributed by atoms with van der Waals surface area (Å²) in [6.45, 7) is 5.76. The summed E-state index contributed by atoms with van der Waals surface area (Å²) in [6, 6.07) is 0. The Balaban J connectivity index is 1.59. The number of carbonyl (C=O) groups excluding carboxylic acids is 1. The fourth-order valence-corrected chi connectivity index (χ4v) is 3.59. The monoisotopic (exact) mass is 315 g/mol. The molecule has 1 unspecified atom stereocenters. The highest BCUT2D eigenvalue weighted by atomic mass is 32.1. The number of carbonyl (C=O) groups is 1. The van der Waals surface area contributed by atoms with Crippen molar-refractivity contribution < 1.29 is 13.6 Å². The number of halogens is 2. The maximum Gasteiger partial charge on any atom is 0.263 e. The van der Waals surface area contributed by atoms with Gasteiger partial charge in [0.25, 0.3) is 5.92 Å². The zero-order chi connectivity index (χ0) is 15.3. The van der Waals surface area contributed by atoms with Gasteiger partial charge in [-0.25, -0.2) is 13.8 Å². The molecular weight excluding hydrogens is 296 g/mol. The maximum atomic E-state index is 13.3. The molecule has 2 heterocycles. The first-order chi connectivity index (χ1) is 9.87. The van der Waals surface area contributed by atoms with Crippen LogP contribution in [0.5, 0.6) is 0 Å². The van der Waals surface area contributed by atoms with E-state index in [2.05, 4.69) is 16.8 Å². The number of aryl methyl sites for hydroxylation is 1. The van der Waals surface area contributed by atoms with Crippen LogP contribution in [0.15, 0.2) is 6.20 Å². The van der Waals surface area contributed by atoms with Crippen molar-refractivity contribution in [3.8, 4) is 0 Å². The van der Waals surface area contributed by atoms with Crippen LogP contribution < -0.4 is 4.90 Å². The molecule has 4 nitrogen and oxygen atoms in total. The number of hydrogen-bond acceptors (Lipinski definition) is 4. The summed E-state index contributed by atoms with van der Waals surface area (Å²) in [5, 5.41) is 0.960. The molecule has 1 amide bonds. The van der Waals surface area contributed by atoms with E-state index in [1.165, 1.54) is 11.8 Å². The van der Waals surface area contributed by atoms with Crippen LogP contribution in [-0.2, 0) is 11.2 Å². The Kier molecular flexibility index (Phi) is 3.43. The van der Waals surface area contributed by atoms with Gasteiger partial charge in [-0.05, 0) is 13.3 Å². The van der Waals surface area contributed by atoms with Crippen molar-refractivity contribution >= 4 is 22.4 Å². The number of nitrogens with zero attached hydrogens (tertiary/aromatic N) is 3. The van der Waals surface area contributed by atoms with Crippen molar-refractivity contribution in [2.45, 2.75) is 32.6 Å². The van der Waals surface area contributed by atoms with E-state index in [1.807, 2.05) is 6.20 Å². The molecule has 1 saturated carbocycles. The Labute approximate surface area is 126 Å². The van der Waals surface area contributed by atoms with Crippen molar-refractivity contribution in [3.63, 3.8) is 0 Å². The molecule has 1 saturated heterocycles. The number of piperazine rings is 1. The Bertz CT molecular complexity index is 554. The molecule has 2 fully saturated rings. The number of amides is 1. The zero-order valence-corrected chi connectivity index (χ0v) is 13.1. The molecule has 1 aliphatic carbocycles. The molecule has 2 aliphatic rings. The van der Waals surface area contributed by atoms with Crippen LogP contribution in [0.4, 0.5) is 13.9 Å². The minimum atomic E-state index is -2.83. The lowest BCUT2D eigenvalue weighted by Gasteiger charge is -2.36. The normalized spacial score (nSPS) is 27.8. The second kappa shape index (κ2) is 4.90. The summed E-state index contributed by atoms with van der Waals surface area (Å²) < 4.78 is 26.6. The van der Waals surface area contributed by atoms with Gasteiger partial charge in [-0.15, -0.1) is 11.3 Å². The number of aromatic nitrogens is 1. The van der Waals surface area contributed by atoms with Crippen LogP contribution in [0.3, 0.4) is 0 Å². The van der Waals surface area contributed by atoms with E-state index in [9.17, 15) is 13.6 Å². The average Bonchev–Trinajstić information content (AvgIpc) is 2.83. The minimum absolute atomic E-state index is 0.314. The first-order valence-corrected chi connectivity index (χ1v) is 8.06. The van der Waals surface area contributed by atoms with Crippen LogP contribution in [-0.4, -0.2) is 47.9 Å². The van der Waals surface area contributed by atoms with Crippen molar-refractivity contribution in [1.82, 2.24) is 9.88 Å². The molecule has 116 valence electrons. The SMILES string of the molecule is CCc1cnc(N2CCN(C(=O)C3(C)CC3(F)F)CC2)s1. The molecule has 3 rings (SSSR count). The van der Waals surface area contributed by atoms with Gasteiger partial charge in [-0.1, -0.05) is 6.92 Å². The van der Waals surface area contributed by atoms with Crippen molar-refractivity contribution in [2.75, 3.05) is 31.1 Å². The van der Waals surface area contributed by atoms with E-state index in [1.54, 1.807) is 16.2 Å². The topological polar surface area (TPSA) is 36.4 Å². The van der Waals surface area contributed by atoms with Crippen LogP contribution in [0.1, 0.15) is 25.1 Å². The summed E-state index contributed by atoms with van der Waals surface area (Å²) >= 11 is 1.66. The molecule has 1 atom stereocenters. The third kappa shape index (κ3) is 2.41. The second-order valence-corrected chi connectivity index (χ2v) is 7.05. The third-order valence-corrected chi connectivity index (χ3v) is 5.66. The predicted molar refractivity (Wildman–Crippen MR) is 78.0 cm³/mol. The van der Waals surface area contributed by atoms with Gasteiger partial charge in [0.1, 0.15) is 5.41 Å². The quantitative estimate of drug-likeness (QED) is 0.859. The zero-order valence-electron chi connectivity index (χ0n) is 12.2. The summed E-state index contributed by atoms with van der Waals surface area (Å²) in [7, 11) is 0. The van der Waals surface area contributed by atoms with E-state index >= 15 is 0 Å². The predicted octanol–water partition coefficient (Wildman–Crippen LogP) is 2.40. The molecule has 0 N–H and O–H groups in total. The van der Waals surface area contributed by atoms with Crippen LogP contribution in [0, 0.1) is 5.41 Å². The van der Waals surface area contributed by atoms with Crippen molar-refractivity contribution in [2.24, 2.45) is 5.41 Å². The Morgan fingerprint density at radius 2 is 2.00 bits per heavy atom. The van der Waals surface area contributed by atoms with E-state index < -0.39 is 17.2 Å². The van der Waals surface area contributed by atoms with Gasteiger partial charge >= 0.3 is 0 Å². The molecule has 0 aromatic carbocycles. The summed E-state index contributed by atoms with van der Waals surface area (Å²) in [4.78, 5) is 21.5. The van der Waals surface area contributed by atoms with E-state index in [0.717, 1.165) is 11.6 Å². The number of rotatable bonds is 3. The summed E-state index contributed by atoms with van der Waals surface area (Å²) in [6.07, 6.45) is 2.53. The molecule has 0 radical (unpaired) electrons. The average molecular weight is 315 g/mol. The Morgan fingerprint density at radius 1 is 1.38 bits per heavy atom. The van der Waals surface area contributed by atoms with E-state index in [0.29, 0.717) is 26.2 Å². The van der Waals surface area contributed by atoms with E-state index in [4.69, 9.17) is 0 Å². The highest BCUT2D eigenvalue weighted by Crippen LogP contribution is 2.61. The van der Waals surface area contributed by atoms with Gasteiger partial charge < -0.3 is 9.80 Å². The lowest BCUT2D eigenvalue weighted by Crippen LogP contribution is -2.51. The van der Waals surface area contributed by atoms with Crippen molar-refractivity contribution in [1.29, 1.82) is 0 Å². The molecule has 0 bridgehead atoms. The van der Waals surface area contributed by atoms with Crippen molar-refractivity contribution in [3.05, 3.63) is 11.1 Å². The number of thiazole rings is 1. The van der Waals surface area contributed by atoms with Crippen LogP contribution >= 0.6 is 11.3 Å². The van der Waals surface area contributed by atoms with Crippen LogP contribution in [0.2, 0.25) is 0 Å². The molecule has 1 aliphatic heterocycles. The number of alkyl halides is 2. The van der Waals surface area contributed by atoms with Gasteiger partial charge in [0.15, 0.2) is 5.13 Å². The lowest BCUT2D eigenvalue weighted by molar-refractivity contribution is -0.140. The molecule has 0 spiro atoms. The van der Waals surface area contributed by atoms with Gasteiger partial charge in [-0.2, -0.15) is 0 Å². The molecule has 1 aromatic heterocycles. The van der Waals surface area contributed by atoms with Gasteiger partial charge in [0.2, 0.25) is 5.91 Å². The standard InChI is InChI=1S/C14H19F2N3OS/c1-3-10-8-17-12(21-10)19-6-4-18(5-7-19)11(20)13(2)9-14(13,15)16/h8H,3-7,9H2,1-2H3. The number of hydrogen-bond donors (Lipinski definition) is 0. The molecule has 1 aromatic rings. The first kappa shape index (κ1) is 14.7. The summed E-state index contributed by atoms with van der Waals surface area (Å²) in [5.41, 5.74) is -1.47. The largest absolute Gasteiger partial charge is 0.345 e. The second-order valence-electron chi connectivity index (χ2n) is 5.96. The first-order valence-electron chi connectivity index (χ1n) is 7.24. The number of anilines is 1.